The molecule has 2 atom stereocenters. The van der Waals surface area contributed by atoms with E-state index in [4.69, 9.17) is 5.73 Å². The third-order valence-electron chi connectivity index (χ3n) is 3.12. The number of nitrogens with zero attached hydrogens (tertiary/aromatic N) is 1. The van der Waals surface area contributed by atoms with Crippen molar-refractivity contribution in [1.29, 1.82) is 0 Å². The topological polar surface area (TPSA) is 29.3 Å². The minimum absolute atomic E-state index is 0.375. The minimum atomic E-state index is 0.375. The number of thiophene rings is 1. The molecule has 0 bridgehead atoms. The molecule has 1 aromatic rings. The van der Waals surface area contributed by atoms with Crippen LogP contribution in [0.4, 0.5) is 0 Å². The monoisotopic (exact) mass is 320 g/mol. The molecular weight excluding hydrogens is 304 g/mol. The van der Waals surface area contributed by atoms with Crippen LogP contribution in [-0.2, 0) is 0 Å². The van der Waals surface area contributed by atoms with Crippen LogP contribution in [-0.4, -0.2) is 36.0 Å². The zero-order valence-corrected chi connectivity index (χ0v) is 12.6. The summed E-state index contributed by atoms with van der Waals surface area (Å²) in [5, 5.41) is 0. The van der Waals surface area contributed by atoms with Gasteiger partial charge in [-0.3, -0.25) is 4.90 Å². The highest BCUT2D eigenvalue weighted by molar-refractivity contribution is 9.11. The summed E-state index contributed by atoms with van der Waals surface area (Å²) in [5.74, 6) is 2.54. The maximum absolute atomic E-state index is 5.93. The fraction of sp³-hybridized carbons (Fsp3) is 0.636. The van der Waals surface area contributed by atoms with Crippen molar-refractivity contribution in [2.45, 2.75) is 18.5 Å². The first-order valence-corrected chi connectivity index (χ1v) is 8.23. The van der Waals surface area contributed by atoms with Crippen LogP contribution in [0.15, 0.2) is 15.9 Å². The van der Waals surface area contributed by atoms with Gasteiger partial charge in [-0.15, -0.1) is 11.3 Å². The van der Waals surface area contributed by atoms with E-state index in [1.165, 1.54) is 26.6 Å². The van der Waals surface area contributed by atoms with Gasteiger partial charge in [0.25, 0.3) is 0 Å². The Morgan fingerprint density at radius 1 is 1.62 bits per heavy atom. The molecule has 2 heterocycles. The van der Waals surface area contributed by atoms with E-state index in [-0.39, 0.29) is 0 Å². The van der Waals surface area contributed by atoms with Crippen LogP contribution in [0.2, 0.25) is 0 Å². The first kappa shape index (κ1) is 12.9. The zero-order valence-electron chi connectivity index (χ0n) is 9.36. The van der Waals surface area contributed by atoms with E-state index in [0.717, 1.165) is 0 Å². The van der Waals surface area contributed by atoms with E-state index in [9.17, 15) is 0 Å². The summed E-state index contributed by atoms with van der Waals surface area (Å²) < 4.78 is 1.19. The third kappa shape index (κ3) is 2.82. The van der Waals surface area contributed by atoms with Gasteiger partial charge in [-0.05, 0) is 47.3 Å². The number of halogens is 1. The van der Waals surface area contributed by atoms with Gasteiger partial charge in [0.05, 0.1) is 9.83 Å². The van der Waals surface area contributed by atoms with Gasteiger partial charge in [-0.2, -0.15) is 11.8 Å². The fourth-order valence-electron chi connectivity index (χ4n) is 2.09. The van der Waals surface area contributed by atoms with Gasteiger partial charge in [-0.1, -0.05) is 0 Å². The fourth-order valence-corrected chi connectivity index (χ4v) is 4.96. The summed E-state index contributed by atoms with van der Waals surface area (Å²) in [6.07, 6.45) is 1.30. The van der Waals surface area contributed by atoms with Gasteiger partial charge in [0, 0.05) is 23.2 Å². The Hall–Kier alpha value is 0.450. The molecule has 2 nitrogen and oxygen atoms in total. The van der Waals surface area contributed by atoms with Gasteiger partial charge in [0.1, 0.15) is 0 Å². The summed E-state index contributed by atoms with van der Waals surface area (Å²) >= 11 is 7.36. The Bertz CT molecular complexity index is 336. The quantitative estimate of drug-likeness (QED) is 0.924. The Kier molecular flexibility index (Phi) is 4.73. The number of rotatable bonds is 4. The number of nitrogens with two attached hydrogens (primary N) is 1. The number of hydrogen-bond donors (Lipinski definition) is 1. The maximum Gasteiger partial charge on any atom is 0.0702 e. The van der Waals surface area contributed by atoms with Crippen LogP contribution >= 0.6 is 39.0 Å². The summed E-state index contributed by atoms with van der Waals surface area (Å²) in [4.78, 5) is 3.83. The van der Waals surface area contributed by atoms with E-state index < -0.39 is 0 Å². The maximum atomic E-state index is 5.93. The lowest BCUT2D eigenvalue weighted by atomic mass is 10.1. The van der Waals surface area contributed by atoms with Gasteiger partial charge in [0.15, 0.2) is 0 Å². The first-order chi connectivity index (χ1) is 7.72. The van der Waals surface area contributed by atoms with E-state index >= 15 is 0 Å². The van der Waals surface area contributed by atoms with Gasteiger partial charge in [0.2, 0.25) is 0 Å². The third-order valence-corrected chi connectivity index (χ3v) is 5.99. The molecule has 2 unspecified atom stereocenters. The average Bonchev–Trinajstić information content (AvgIpc) is 2.90. The number of likely N-dealkylation sites (N-methyl/N-ethyl adjacent to an activating group) is 1. The van der Waals surface area contributed by atoms with Gasteiger partial charge >= 0.3 is 0 Å². The summed E-state index contributed by atoms with van der Waals surface area (Å²) in [5.41, 5.74) is 5.93. The molecular formula is C11H17BrN2S2. The molecule has 1 saturated heterocycles. The van der Waals surface area contributed by atoms with Crippen molar-refractivity contribution in [2.75, 3.05) is 25.1 Å². The van der Waals surface area contributed by atoms with Crippen molar-refractivity contribution in [3.63, 3.8) is 0 Å². The van der Waals surface area contributed by atoms with Crippen molar-refractivity contribution in [3.8, 4) is 0 Å². The first-order valence-electron chi connectivity index (χ1n) is 5.47. The van der Waals surface area contributed by atoms with Crippen molar-refractivity contribution >= 4 is 39.0 Å². The largest absolute Gasteiger partial charge is 0.329 e. The van der Waals surface area contributed by atoms with Crippen molar-refractivity contribution in [1.82, 2.24) is 4.90 Å². The molecule has 1 aliphatic rings. The summed E-state index contributed by atoms with van der Waals surface area (Å²) in [6, 6.07) is 5.37. The number of thioether (sulfide) groups is 1. The van der Waals surface area contributed by atoms with Crippen LogP contribution in [0.3, 0.4) is 0 Å². The molecule has 2 N–H and O–H groups in total. The molecule has 0 amide bonds. The SMILES string of the molecule is CN(C1CCSC1)C(CN)c1ccc(Br)s1. The Labute approximate surface area is 114 Å². The molecule has 0 aromatic carbocycles. The standard InChI is InChI=1S/C11H17BrN2S2/c1-14(8-4-5-15-7-8)9(6-13)10-2-3-11(12)16-10/h2-3,8-9H,4-7,13H2,1H3. The summed E-state index contributed by atoms with van der Waals surface area (Å²) in [6.45, 7) is 0.699. The predicted octanol–water partition coefficient (Wildman–Crippen LogP) is 2.95. The van der Waals surface area contributed by atoms with E-state index in [1.54, 1.807) is 11.3 Å². The Balaban J connectivity index is 2.09. The molecule has 1 aliphatic heterocycles. The molecule has 0 aliphatic carbocycles. The zero-order chi connectivity index (χ0) is 11.5. The van der Waals surface area contributed by atoms with Crippen molar-refractivity contribution < 1.29 is 0 Å². The van der Waals surface area contributed by atoms with E-state index in [1.807, 2.05) is 0 Å². The van der Waals surface area contributed by atoms with Crippen LogP contribution < -0.4 is 5.73 Å². The number of hydrogen-bond acceptors (Lipinski definition) is 4. The molecule has 0 spiro atoms. The lowest BCUT2D eigenvalue weighted by Gasteiger charge is -2.31. The van der Waals surface area contributed by atoms with Gasteiger partial charge < -0.3 is 5.73 Å². The molecule has 5 heteroatoms. The highest BCUT2D eigenvalue weighted by Gasteiger charge is 2.26. The Morgan fingerprint density at radius 3 is 2.94 bits per heavy atom. The smallest absolute Gasteiger partial charge is 0.0702 e. The normalized spacial score (nSPS) is 22.9. The van der Waals surface area contributed by atoms with Crippen LogP contribution in [0.5, 0.6) is 0 Å². The second kappa shape index (κ2) is 5.87. The average molecular weight is 321 g/mol. The second-order valence-corrected chi connectivity index (χ2v) is 7.72. The minimum Gasteiger partial charge on any atom is -0.329 e. The van der Waals surface area contributed by atoms with Crippen LogP contribution in [0.1, 0.15) is 17.3 Å². The lowest BCUT2D eigenvalue weighted by molar-refractivity contribution is 0.195. The van der Waals surface area contributed by atoms with Crippen LogP contribution in [0, 0.1) is 0 Å². The predicted molar refractivity (Wildman–Crippen MR) is 77.3 cm³/mol. The van der Waals surface area contributed by atoms with E-state index in [0.29, 0.717) is 18.6 Å². The highest BCUT2D eigenvalue weighted by atomic mass is 79.9. The molecule has 1 fully saturated rings. The second-order valence-electron chi connectivity index (χ2n) is 4.08. The summed E-state index contributed by atoms with van der Waals surface area (Å²) in [7, 11) is 2.21. The highest BCUT2D eigenvalue weighted by Crippen LogP contribution is 2.33. The van der Waals surface area contributed by atoms with Crippen molar-refractivity contribution in [3.05, 3.63) is 20.8 Å². The molecule has 16 heavy (non-hydrogen) atoms. The molecule has 0 radical (unpaired) electrons. The van der Waals surface area contributed by atoms with Crippen molar-refractivity contribution in [2.24, 2.45) is 5.73 Å². The van der Waals surface area contributed by atoms with Gasteiger partial charge in [-0.25, -0.2) is 0 Å². The lowest BCUT2D eigenvalue weighted by Crippen LogP contribution is -2.38. The van der Waals surface area contributed by atoms with Crippen LogP contribution in [0.25, 0.3) is 0 Å². The molecule has 1 aromatic heterocycles. The molecule has 90 valence electrons. The Morgan fingerprint density at radius 2 is 2.44 bits per heavy atom. The van der Waals surface area contributed by atoms with E-state index in [2.05, 4.69) is 51.8 Å². The molecule has 2 rings (SSSR count). The molecule has 0 saturated carbocycles.